The van der Waals surface area contributed by atoms with Gasteiger partial charge in [-0.2, -0.15) is 0 Å². The van der Waals surface area contributed by atoms with Crippen LogP contribution in [-0.4, -0.2) is 10.5 Å². The van der Waals surface area contributed by atoms with E-state index in [0.717, 1.165) is 16.4 Å². The number of anilines is 1. The number of nitrogens with zero attached hydrogens (tertiary/aromatic N) is 1. The number of oxazole rings is 1. The fourth-order valence-corrected chi connectivity index (χ4v) is 2.89. The third-order valence-electron chi connectivity index (χ3n) is 3.49. The van der Waals surface area contributed by atoms with Crippen molar-refractivity contribution in [3.8, 4) is 0 Å². The van der Waals surface area contributed by atoms with Crippen LogP contribution < -0.4 is 11.1 Å². The van der Waals surface area contributed by atoms with Gasteiger partial charge in [-0.3, -0.25) is 9.36 Å². The van der Waals surface area contributed by atoms with E-state index >= 15 is 0 Å². The van der Waals surface area contributed by atoms with Gasteiger partial charge in [-0.25, -0.2) is 4.79 Å². The number of hydrogen-bond acceptors (Lipinski definition) is 3. The van der Waals surface area contributed by atoms with Crippen molar-refractivity contribution >= 4 is 38.6 Å². The van der Waals surface area contributed by atoms with Gasteiger partial charge in [-0.15, -0.1) is 0 Å². The van der Waals surface area contributed by atoms with Crippen LogP contribution in [0.25, 0.3) is 11.1 Å². The zero-order valence-corrected chi connectivity index (χ0v) is 14.1. The van der Waals surface area contributed by atoms with Gasteiger partial charge in [0.1, 0.15) is 0 Å². The van der Waals surface area contributed by atoms with Crippen LogP contribution in [0.5, 0.6) is 0 Å². The number of benzene rings is 2. The standard InChI is InChI=1S/C17H15BrN2O3/c1-2-9-20-14-8-7-11(10-15(14)23-17(20)22)19-16(21)12-5-3-4-6-13(12)18/h3-8,10H,2,9H2,1H3,(H,19,21). The maximum atomic E-state index is 12.3. The van der Waals surface area contributed by atoms with E-state index in [0.29, 0.717) is 23.4 Å². The smallest absolute Gasteiger partial charge is 0.408 e. The second-order valence-electron chi connectivity index (χ2n) is 5.14. The number of nitrogens with one attached hydrogen (secondary N) is 1. The lowest BCUT2D eigenvalue weighted by atomic mass is 10.2. The summed E-state index contributed by atoms with van der Waals surface area (Å²) in [5.74, 6) is -0.608. The summed E-state index contributed by atoms with van der Waals surface area (Å²) in [4.78, 5) is 24.1. The Morgan fingerprint density at radius 3 is 2.78 bits per heavy atom. The molecule has 1 amide bonds. The third-order valence-corrected chi connectivity index (χ3v) is 4.18. The van der Waals surface area contributed by atoms with Crippen molar-refractivity contribution < 1.29 is 9.21 Å². The molecule has 3 rings (SSSR count). The Hall–Kier alpha value is -2.34. The number of hydrogen-bond donors (Lipinski definition) is 1. The van der Waals surface area contributed by atoms with Crippen molar-refractivity contribution in [3.63, 3.8) is 0 Å². The number of rotatable bonds is 4. The van der Waals surface area contributed by atoms with Crippen molar-refractivity contribution in [2.75, 3.05) is 5.32 Å². The molecule has 0 aliphatic heterocycles. The maximum absolute atomic E-state index is 12.3. The first-order valence-corrected chi connectivity index (χ1v) is 8.08. The van der Waals surface area contributed by atoms with Crippen LogP contribution in [0.2, 0.25) is 0 Å². The maximum Gasteiger partial charge on any atom is 0.419 e. The lowest BCUT2D eigenvalue weighted by Gasteiger charge is -2.07. The molecule has 0 unspecified atom stereocenters. The molecule has 0 fully saturated rings. The van der Waals surface area contributed by atoms with Gasteiger partial charge < -0.3 is 9.73 Å². The first-order valence-electron chi connectivity index (χ1n) is 7.29. The summed E-state index contributed by atoms with van der Waals surface area (Å²) in [7, 11) is 0. The summed E-state index contributed by atoms with van der Waals surface area (Å²) < 4.78 is 7.56. The average Bonchev–Trinajstić information content (AvgIpc) is 2.83. The summed E-state index contributed by atoms with van der Waals surface area (Å²) in [5, 5.41) is 2.81. The lowest BCUT2D eigenvalue weighted by molar-refractivity contribution is 0.102. The predicted molar refractivity (Wildman–Crippen MR) is 92.9 cm³/mol. The monoisotopic (exact) mass is 374 g/mol. The molecular formula is C17H15BrN2O3. The number of aromatic nitrogens is 1. The van der Waals surface area contributed by atoms with Crippen LogP contribution in [-0.2, 0) is 6.54 Å². The van der Waals surface area contributed by atoms with E-state index in [1.54, 1.807) is 34.9 Å². The summed E-state index contributed by atoms with van der Waals surface area (Å²) in [5.41, 5.74) is 2.32. The van der Waals surface area contributed by atoms with Crippen LogP contribution in [0.4, 0.5) is 5.69 Å². The average molecular weight is 375 g/mol. The second kappa shape index (κ2) is 6.42. The van der Waals surface area contributed by atoms with Crippen molar-refractivity contribution in [1.29, 1.82) is 0 Å². The molecular weight excluding hydrogens is 360 g/mol. The number of aryl methyl sites for hydroxylation is 1. The molecule has 1 aromatic heterocycles. The highest BCUT2D eigenvalue weighted by Crippen LogP contribution is 2.21. The molecule has 0 bridgehead atoms. The molecule has 0 radical (unpaired) electrons. The summed E-state index contributed by atoms with van der Waals surface area (Å²) >= 11 is 3.36. The number of halogens is 1. The van der Waals surface area contributed by atoms with Gasteiger partial charge in [0.25, 0.3) is 5.91 Å². The Kier molecular flexibility index (Phi) is 4.34. The number of carbonyl (C=O) groups excluding carboxylic acids is 1. The topological polar surface area (TPSA) is 64.2 Å². The number of carbonyl (C=O) groups is 1. The minimum atomic E-state index is -0.379. The Balaban J connectivity index is 1.91. The van der Waals surface area contributed by atoms with Gasteiger partial charge in [-0.1, -0.05) is 19.1 Å². The highest BCUT2D eigenvalue weighted by molar-refractivity contribution is 9.10. The van der Waals surface area contributed by atoms with E-state index in [1.807, 2.05) is 19.1 Å². The van der Waals surface area contributed by atoms with Crippen LogP contribution in [0, 0.1) is 0 Å². The molecule has 0 saturated heterocycles. The van der Waals surface area contributed by atoms with Crippen LogP contribution in [0.3, 0.4) is 0 Å². The van der Waals surface area contributed by atoms with Crippen LogP contribution in [0.15, 0.2) is 56.1 Å². The highest BCUT2D eigenvalue weighted by Gasteiger charge is 2.12. The zero-order chi connectivity index (χ0) is 16.4. The molecule has 3 aromatic rings. The number of amides is 1. The van der Waals surface area contributed by atoms with Gasteiger partial charge >= 0.3 is 5.76 Å². The molecule has 0 spiro atoms. The van der Waals surface area contributed by atoms with E-state index in [4.69, 9.17) is 4.42 Å². The van der Waals surface area contributed by atoms with Gasteiger partial charge in [0, 0.05) is 22.8 Å². The van der Waals surface area contributed by atoms with E-state index in [2.05, 4.69) is 21.2 Å². The van der Waals surface area contributed by atoms with Gasteiger partial charge in [0.15, 0.2) is 5.58 Å². The summed E-state index contributed by atoms with van der Waals surface area (Å²) in [6, 6.07) is 12.4. The molecule has 1 N–H and O–H groups in total. The van der Waals surface area contributed by atoms with Crippen molar-refractivity contribution in [2.45, 2.75) is 19.9 Å². The minimum Gasteiger partial charge on any atom is -0.408 e. The van der Waals surface area contributed by atoms with E-state index in [9.17, 15) is 9.59 Å². The quantitative estimate of drug-likeness (QED) is 0.749. The zero-order valence-electron chi connectivity index (χ0n) is 12.5. The minimum absolute atomic E-state index is 0.229. The normalized spacial score (nSPS) is 10.9. The lowest BCUT2D eigenvalue weighted by Crippen LogP contribution is -2.13. The van der Waals surface area contributed by atoms with Crippen molar-refractivity contribution in [1.82, 2.24) is 4.57 Å². The molecule has 2 aromatic carbocycles. The largest absolute Gasteiger partial charge is 0.419 e. The molecule has 23 heavy (non-hydrogen) atoms. The molecule has 0 aliphatic carbocycles. The molecule has 1 heterocycles. The first-order chi connectivity index (χ1) is 11.1. The van der Waals surface area contributed by atoms with Gasteiger partial charge in [0.05, 0.1) is 11.1 Å². The van der Waals surface area contributed by atoms with Crippen molar-refractivity contribution in [3.05, 3.63) is 63.1 Å². The van der Waals surface area contributed by atoms with Crippen molar-refractivity contribution in [2.24, 2.45) is 0 Å². The van der Waals surface area contributed by atoms with E-state index in [-0.39, 0.29) is 11.7 Å². The third kappa shape index (κ3) is 3.07. The Morgan fingerprint density at radius 1 is 1.26 bits per heavy atom. The Labute approximate surface area is 141 Å². The molecule has 118 valence electrons. The molecule has 0 saturated carbocycles. The molecule has 6 heteroatoms. The van der Waals surface area contributed by atoms with E-state index in [1.165, 1.54) is 0 Å². The van der Waals surface area contributed by atoms with Crippen LogP contribution in [0.1, 0.15) is 23.7 Å². The Bertz CT molecular complexity index is 927. The van der Waals surface area contributed by atoms with Crippen LogP contribution >= 0.6 is 15.9 Å². The predicted octanol–water partition coefficient (Wildman–Crippen LogP) is 4.02. The highest BCUT2D eigenvalue weighted by atomic mass is 79.9. The molecule has 0 atom stereocenters. The Morgan fingerprint density at radius 2 is 2.04 bits per heavy atom. The summed E-state index contributed by atoms with van der Waals surface area (Å²) in [6.45, 7) is 2.60. The van der Waals surface area contributed by atoms with Gasteiger partial charge in [0.2, 0.25) is 0 Å². The van der Waals surface area contributed by atoms with E-state index < -0.39 is 0 Å². The van der Waals surface area contributed by atoms with Gasteiger partial charge in [-0.05, 0) is 46.6 Å². The fraction of sp³-hybridized carbons (Fsp3) is 0.176. The summed E-state index contributed by atoms with van der Waals surface area (Å²) in [6.07, 6.45) is 0.842. The molecule has 5 nitrogen and oxygen atoms in total. The fourth-order valence-electron chi connectivity index (χ4n) is 2.42. The SMILES string of the molecule is CCCn1c(=O)oc2cc(NC(=O)c3ccccc3Br)ccc21. The molecule has 0 aliphatic rings. The second-order valence-corrected chi connectivity index (χ2v) is 5.99. The first kappa shape index (κ1) is 15.6. The number of fused-ring (bicyclic) bond motifs is 1.